The Morgan fingerprint density at radius 3 is 3.08 bits per heavy atom. The standard InChI is InChI=1S/C19H14ClN3O2/c1-11-2-3-16-17(4-11)23-19(22-16)13(8-21)5-12-6-15(20)7-14-9-24-10-25-18(12)14/h2-7H,9-10H2,1H3,(H,22,23). The minimum absolute atomic E-state index is 0.182. The summed E-state index contributed by atoms with van der Waals surface area (Å²) in [5, 5.41) is 10.2. The van der Waals surface area contributed by atoms with E-state index in [2.05, 4.69) is 16.0 Å². The van der Waals surface area contributed by atoms with Crippen molar-refractivity contribution in [2.24, 2.45) is 0 Å². The number of aromatic nitrogens is 2. The van der Waals surface area contributed by atoms with Gasteiger partial charge in [-0.25, -0.2) is 4.98 Å². The van der Waals surface area contributed by atoms with Gasteiger partial charge in [-0.15, -0.1) is 0 Å². The summed E-state index contributed by atoms with van der Waals surface area (Å²) in [5.74, 6) is 1.21. The summed E-state index contributed by atoms with van der Waals surface area (Å²) in [6.45, 7) is 2.63. The Balaban J connectivity index is 1.83. The number of nitrogens with one attached hydrogen (secondary N) is 1. The molecule has 2 aromatic carbocycles. The molecule has 0 saturated heterocycles. The van der Waals surface area contributed by atoms with E-state index in [1.165, 1.54) is 0 Å². The number of aromatic amines is 1. The second-order valence-corrected chi connectivity index (χ2v) is 6.31. The quantitative estimate of drug-likeness (QED) is 0.692. The highest BCUT2D eigenvalue weighted by molar-refractivity contribution is 6.31. The number of nitriles is 1. The van der Waals surface area contributed by atoms with Gasteiger partial charge in [0.15, 0.2) is 6.79 Å². The van der Waals surface area contributed by atoms with Crippen molar-refractivity contribution in [1.29, 1.82) is 5.26 Å². The average molecular weight is 352 g/mol. The summed E-state index contributed by atoms with van der Waals surface area (Å²) in [5.41, 5.74) is 4.85. The number of nitrogens with zero attached hydrogens (tertiary/aromatic N) is 2. The number of ether oxygens (including phenoxy) is 2. The third-order valence-electron chi connectivity index (χ3n) is 4.02. The molecule has 0 amide bonds. The average Bonchev–Trinajstić information content (AvgIpc) is 3.02. The van der Waals surface area contributed by atoms with E-state index in [4.69, 9.17) is 21.1 Å². The maximum Gasteiger partial charge on any atom is 0.189 e. The molecule has 1 aliphatic heterocycles. The van der Waals surface area contributed by atoms with Crippen LogP contribution in [0, 0.1) is 18.3 Å². The second-order valence-electron chi connectivity index (χ2n) is 5.87. The van der Waals surface area contributed by atoms with Crippen LogP contribution in [0.3, 0.4) is 0 Å². The van der Waals surface area contributed by atoms with Crippen LogP contribution in [0.5, 0.6) is 5.75 Å². The number of fused-ring (bicyclic) bond motifs is 2. The van der Waals surface area contributed by atoms with Crippen LogP contribution in [-0.4, -0.2) is 16.8 Å². The molecule has 0 radical (unpaired) electrons. The maximum absolute atomic E-state index is 9.62. The van der Waals surface area contributed by atoms with Gasteiger partial charge in [0.25, 0.3) is 0 Å². The molecular weight excluding hydrogens is 338 g/mol. The minimum atomic E-state index is 0.182. The van der Waals surface area contributed by atoms with Crippen molar-refractivity contribution in [3.8, 4) is 11.8 Å². The third-order valence-corrected chi connectivity index (χ3v) is 4.23. The van der Waals surface area contributed by atoms with Gasteiger partial charge in [0.05, 0.1) is 23.2 Å². The van der Waals surface area contributed by atoms with Gasteiger partial charge in [-0.3, -0.25) is 0 Å². The lowest BCUT2D eigenvalue weighted by molar-refractivity contribution is -0.0165. The molecule has 124 valence electrons. The van der Waals surface area contributed by atoms with Gasteiger partial charge in [-0.2, -0.15) is 5.26 Å². The highest BCUT2D eigenvalue weighted by Crippen LogP contribution is 2.34. The van der Waals surface area contributed by atoms with Crippen molar-refractivity contribution in [3.63, 3.8) is 0 Å². The maximum atomic E-state index is 9.62. The fourth-order valence-corrected chi connectivity index (χ4v) is 3.13. The van der Waals surface area contributed by atoms with Crippen LogP contribution >= 0.6 is 11.6 Å². The summed E-state index contributed by atoms with van der Waals surface area (Å²) in [6, 6.07) is 11.7. The number of benzene rings is 2. The van der Waals surface area contributed by atoms with Gasteiger partial charge in [0.2, 0.25) is 0 Å². The molecule has 0 fully saturated rings. The third kappa shape index (κ3) is 2.98. The Hall–Kier alpha value is -2.81. The SMILES string of the molecule is Cc1ccc2nc(C(C#N)=Cc3cc(Cl)cc4c3OCOC4)[nH]c2c1. The van der Waals surface area contributed by atoms with Crippen molar-refractivity contribution < 1.29 is 9.47 Å². The Morgan fingerprint density at radius 1 is 1.36 bits per heavy atom. The Kier molecular flexibility index (Phi) is 3.92. The Morgan fingerprint density at radius 2 is 2.24 bits per heavy atom. The molecule has 0 unspecified atom stereocenters. The van der Waals surface area contributed by atoms with E-state index >= 15 is 0 Å². The van der Waals surface area contributed by atoms with E-state index in [9.17, 15) is 5.26 Å². The van der Waals surface area contributed by atoms with Crippen LogP contribution in [-0.2, 0) is 11.3 Å². The van der Waals surface area contributed by atoms with E-state index < -0.39 is 0 Å². The van der Waals surface area contributed by atoms with E-state index in [-0.39, 0.29) is 6.79 Å². The summed E-state index contributed by atoms with van der Waals surface area (Å²) in [7, 11) is 0. The molecule has 0 aliphatic carbocycles. The molecule has 5 nitrogen and oxygen atoms in total. The Labute approximate surface area is 149 Å². The zero-order valence-electron chi connectivity index (χ0n) is 13.5. The molecule has 0 saturated carbocycles. The summed E-state index contributed by atoms with van der Waals surface area (Å²) >= 11 is 6.19. The minimum Gasteiger partial charge on any atom is -0.467 e. The number of hydrogen-bond donors (Lipinski definition) is 1. The van der Waals surface area contributed by atoms with Crippen molar-refractivity contribution >= 4 is 34.3 Å². The highest BCUT2D eigenvalue weighted by atomic mass is 35.5. The van der Waals surface area contributed by atoms with Crippen LogP contribution < -0.4 is 4.74 Å². The van der Waals surface area contributed by atoms with Gasteiger partial charge < -0.3 is 14.5 Å². The predicted molar refractivity (Wildman–Crippen MR) is 96.1 cm³/mol. The molecule has 2 heterocycles. The first-order chi connectivity index (χ1) is 12.1. The normalized spacial score (nSPS) is 14.0. The molecular formula is C19H14ClN3O2. The number of allylic oxidation sites excluding steroid dienone is 1. The van der Waals surface area contributed by atoms with Crippen LogP contribution in [0.4, 0.5) is 0 Å². The van der Waals surface area contributed by atoms with Crippen LogP contribution in [0.2, 0.25) is 5.02 Å². The molecule has 6 heteroatoms. The molecule has 3 aromatic rings. The van der Waals surface area contributed by atoms with Gasteiger partial charge in [-0.05, 0) is 42.8 Å². The van der Waals surface area contributed by atoms with Crippen LogP contribution in [0.15, 0.2) is 30.3 Å². The van der Waals surface area contributed by atoms with Crippen molar-refractivity contribution in [2.75, 3.05) is 6.79 Å². The molecule has 4 rings (SSSR count). The lowest BCUT2D eigenvalue weighted by Gasteiger charge is -2.20. The molecule has 0 spiro atoms. The first kappa shape index (κ1) is 15.7. The monoisotopic (exact) mass is 351 g/mol. The van der Waals surface area contributed by atoms with Gasteiger partial charge in [-0.1, -0.05) is 17.7 Å². The van der Waals surface area contributed by atoms with E-state index in [0.717, 1.165) is 27.7 Å². The number of rotatable bonds is 2. The van der Waals surface area contributed by atoms with Crippen molar-refractivity contribution in [3.05, 3.63) is 57.9 Å². The number of H-pyrrole nitrogens is 1. The number of imidazole rings is 1. The van der Waals surface area contributed by atoms with Gasteiger partial charge in [0, 0.05) is 16.1 Å². The largest absolute Gasteiger partial charge is 0.467 e. The number of halogens is 1. The first-order valence-electron chi connectivity index (χ1n) is 7.75. The van der Waals surface area contributed by atoms with Crippen LogP contribution in [0.25, 0.3) is 22.7 Å². The molecule has 1 aromatic heterocycles. The molecule has 25 heavy (non-hydrogen) atoms. The van der Waals surface area contributed by atoms with Gasteiger partial charge >= 0.3 is 0 Å². The van der Waals surface area contributed by atoms with E-state index in [1.807, 2.05) is 31.2 Å². The zero-order chi connectivity index (χ0) is 17.4. The van der Waals surface area contributed by atoms with Crippen LogP contribution in [0.1, 0.15) is 22.5 Å². The van der Waals surface area contributed by atoms with Crippen molar-refractivity contribution in [1.82, 2.24) is 9.97 Å². The topological polar surface area (TPSA) is 70.9 Å². The number of aryl methyl sites for hydroxylation is 1. The molecule has 1 aliphatic rings. The molecule has 0 atom stereocenters. The summed E-state index contributed by atoms with van der Waals surface area (Å²) in [6.07, 6.45) is 1.74. The smallest absolute Gasteiger partial charge is 0.189 e. The van der Waals surface area contributed by atoms with Gasteiger partial charge in [0.1, 0.15) is 17.6 Å². The zero-order valence-corrected chi connectivity index (χ0v) is 14.2. The fraction of sp³-hybridized carbons (Fsp3) is 0.158. The van der Waals surface area contributed by atoms with E-state index in [0.29, 0.717) is 28.8 Å². The lowest BCUT2D eigenvalue weighted by Crippen LogP contribution is -2.12. The Bertz CT molecular complexity index is 1050. The lowest BCUT2D eigenvalue weighted by atomic mass is 10.1. The molecule has 1 N–H and O–H groups in total. The summed E-state index contributed by atoms with van der Waals surface area (Å²) in [4.78, 5) is 7.71. The number of hydrogen-bond acceptors (Lipinski definition) is 4. The van der Waals surface area contributed by atoms with E-state index in [1.54, 1.807) is 12.1 Å². The van der Waals surface area contributed by atoms with Crippen molar-refractivity contribution in [2.45, 2.75) is 13.5 Å². The highest BCUT2D eigenvalue weighted by Gasteiger charge is 2.17. The summed E-state index contributed by atoms with van der Waals surface area (Å²) < 4.78 is 10.9. The first-order valence-corrected chi connectivity index (χ1v) is 8.13. The second kappa shape index (κ2) is 6.25. The fourth-order valence-electron chi connectivity index (χ4n) is 2.88. The molecule has 0 bridgehead atoms. The predicted octanol–water partition coefficient (Wildman–Crippen LogP) is 4.46.